The third-order valence-electron chi connectivity index (χ3n) is 3.77. The summed E-state index contributed by atoms with van der Waals surface area (Å²) in [4.78, 5) is 18.2. The molecule has 1 fully saturated rings. The Morgan fingerprint density at radius 2 is 2.05 bits per heavy atom. The minimum atomic E-state index is -0.0576. The van der Waals surface area contributed by atoms with E-state index in [2.05, 4.69) is 15.1 Å². The maximum absolute atomic E-state index is 12.2. The highest BCUT2D eigenvalue weighted by Gasteiger charge is 2.24. The van der Waals surface area contributed by atoms with Crippen LogP contribution in [-0.4, -0.2) is 61.3 Å². The molecule has 1 aliphatic heterocycles. The van der Waals surface area contributed by atoms with Crippen molar-refractivity contribution in [3.63, 3.8) is 0 Å². The molecule has 3 heterocycles. The highest BCUT2D eigenvalue weighted by Crippen LogP contribution is 2.19. The molecule has 2 aromatic rings. The first kappa shape index (κ1) is 14.4. The number of furan rings is 1. The molecule has 0 atom stereocenters. The molecular weight excluding hydrogens is 282 g/mol. The van der Waals surface area contributed by atoms with Crippen molar-refractivity contribution < 1.29 is 9.21 Å². The normalized spacial score (nSPS) is 15.0. The molecule has 1 saturated heterocycles. The minimum absolute atomic E-state index is 0.0576. The predicted octanol–water partition coefficient (Wildman–Crippen LogP) is 1.10. The van der Waals surface area contributed by atoms with E-state index in [1.807, 2.05) is 25.1 Å². The van der Waals surface area contributed by atoms with Crippen LogP contribution < -0.4 is 9.80 Å². The largest absolute Gasteiger partial charge is 0.459 e. The van der Waals surface area contributed by atoms with E-state index >= 15 is 0 Å². The zero-order chi connectivity index (χ0) is 15.5. The average Bonchev–Trinajstić information content (AvgIpc) is 3.09. The van der Waals surface area contributed by atoms with Crippen LogP contribution in [0, 0.1) is 0 Å². The van der Waals surface area contributed by atoms with Gasteiger partial charge in [-0.05, 0) is 12.1 Å². The SMILES string of the molecule is CN(C)c1cnnc(N2CCN(C(=O)c3ccco3)CC2)c1. The van der Waals surface area contributed by atoms with Crippen molar-refractivity contribution >= 4 is 17.4 Å². The predicted molar refractivity (Wildman–Crippen MR) is 83.2 cm³/mol. The van der Waals surface area contributed by atoms with Gasteiger partial charge in [-0.15, -0.1) is 5.10 Å². The lowest BCUT2D eigenvalue weighted by molar-refractivity contribution is 0.0714. The van der Waals surface area contributed by atoms with Gasteiger partial charge in [0.05, 0.1) is 18.1 Å². The summed E-state index contributed by atoms with van der Waals surface area (Å²) in [5, 5.41) is 8.24. The Morgan fingerprint density at radius 3 is 2.68 bits per heavy atom. The van der Waals surface area contributed by atoms with Crippen LogP contribution in [-0.2, 0) is 0 Å². The molecule has 7 nitrogen and oxygen atoms in total. The zero-order valence-corrected chi connectivity index (χ0v) is 12.8. The van der Waals surface area contributed by atoms with E-state index in [-0.39, 0.29) is 5.91 Å². The molecule has 0 aromatic carbocycles. The van der Waals surface area contributed by atoms with E-state index in [9.17, 15) is 4.79 Å². The van der Waals surface area contributed by atoms with E-state index in [0.29, 0.717) is 18.8 Å². The van der Waals surface area contributed by atoms with Crippen molar-refractivity contribution in [3.05, 3.63) is 36.4 Å². The van der Waals surface area contributed by atoms with Gasteiger partial charge in [-0.1, -0.05) is 0 Å². The average molecular weight is 301 g/mol. The fraction of sp³-hybridized carbons (Fsp3) is 0.400. The van der Waals surface area contributed by atoms with Crippen LogP contribution in [0.25, 0.3) is 0 Å². The van der Waals surface area contributed by atoms with Gasteiger partial charge in [0.15, 0.2) is 11.6 Å². The molecule has 0 radical (unpaired) electrons. The van der Waals surface area contributed by atoms with Crippen molar-refractivity contribution in [1.82, 2.24) is 15.1 Å². The van der Waals surface area contributed by atoms with Gasteiger partial charge in [-0.3, -0.25) is 4.79 Å². The Morgan fingerprint density at radius 1 is 1.27 bits per heavy atom. The van der Waals surface area contributed by atoms with Crippen LogP contribution in [0.15, 0.2) is 35.1 Å². The van der Waals surface area contributed by atoms with Gasteiger partial charge in [-0.25, -0.2) is 0 Å². The molecule has 0 unspecified atom stereocenters. The topological polar surface area (TPSA) is 65.7 Å². The summed E-state index contributed by atoms with van der Waals surface area (Å²) in [5.41, 5.74) is 1.01. The van der Waals surface area contributed by atoms with Crippen molar-refractivity contribution in [3.8, 4) is 0 Å². The molecular formula is C15H19N5O2. The van der Waals surface area contributed by atoms with E-state index in [1.165, 1.54) is 6.26 Å². The molecule has 0 bridgehead atoms. The molecule has 2 aromatic heterocycles. The Labute approximate surface area is 129 Å². The fourth-order valence-electron chi connectivity index (χ4n) is 2.44. The van der Waals surface area contributed by atoms with Crippen LogP contribution in [0.1, 0.15) is 10.6 Å². The van der Waals surface area contributed by atoms with Gasteiger partial charge in [-0.2, -0.15) is 5.10 Å². The number of aromatic nitrogens is 2. The van der Waals surface area contributed by atoms with E-state index in [4.69, 9.17) is 4.42 Å². The molecule has 116 valence electrons. The zero-order valence-electron chi connectivity index (χ0n) is 12.8. The number of hydrogen-bond donors (Lipinski definition) is 0. The summed E-state index contributed by atoms with van der Waals surface area (Å²) in [6.45, 7) is 2.76. The van der Waals surface area contributed by atoms with Crippen LogP contribution in [0.5, 0.6) is 0 Å². The number of nitrogens with zero attached hydrogens (tertiary/aromatic N) is 5. The first-order valence-corrected chi connectivity index (χ1v) is 7.23. The minimum Gasteiger partial charge on any atom is -0.459 e. The smallest absolute Gasteiger partial charge is 0.289 e. The summed E-state index contributed by atoms with van der Waals surface area (Å²) < 4.78 is 5.17. The van der Waals surface area contributed by atoms with E-state index in [1.54, 1.807) is 23.2 Å². The summed E-state index contributed by atoms with van der Waals surface area (Å²) in [5.74, 6) is 1.18. The maximum Gasteiger partial charge on any atom is 0.289 e. The van der Waals surface area contributed by atoms with Crippen molar-refractivity contribution in [2.24, 2.45) is 0 Å². The molecule has 1 aliphatic rings. The third kappa shape index (κ3) is 2.88. The lowest BCUT2D eigenvalue weighted by Gasteiger charge is -2.35. The van der Waals surface area contributed by atoms with Crippen LogP contribution in [0.3, 0.4) is 0 Å². The first-order chi connectivity index (χ1) is 10.6. The first-order valence-electron chi connectivity index (χ1n) is 7.23. The second kappa shape index (κ2) is 6.05. The van der Waals surface area contributed by atoms with Gasteiger partial charge in [0, 0.05) is 46.3 Å². The number of piperazine rings is 1. The van der Waals surface area contributed by atoms with Gasteiger partial charge < -0.3 is 19.1 Å². The summed E-state index contributed by atoms with van der Waals surface area (Å²) in [6.07, 6.45) is 3.26. The van der Waals surface area contributed by atoms with Gasteiger partial charge in [0.1, 0.15) is 0 Å². The number of amides is 1. The lowest BCUT2D eigenvalue weighted by atomic mass is 10.2. The Kier molecular flexibility index (Phi) is 3.95. The van der Waals surface area contributed by atoms with Crippen LogP contribution in [0.2, 0.25) is 0 Å². The number of hydrogen-bond acceptors (Lipinski definition) is 6. The Hall–Kier alpha value is -2.57. The fourth-order valence-corrected chi connectivity index (χ4v) is 2.44. The lowest BCUT2D eigenvalue weighted by Crippen LogP contribution is -2.49. The Balaban J connectivity index is 1.64. The molecule has 3 rings (SSSR count). The number of carbonyl (C=O) groups is 1. The summed E-state index contributed by atoms with van der Waals surface area (Å²) >= 11 is 0. The van der Waals surface area contributed by atoms with Gasteiger partial charge in [0.25, 0.3) is 5.91 Å². The quantitative estimate of drug-likeness (QED) is 0.846. The molecule has 1 amide bonds. The van der Waals surface area contributed by atoms with Gasteiger partial charge in [0.2, 0.25) is 0 Å². The summed E-state index contributed by atoms with van der Waals surface area (Å²) in [7, 11) is 3.95. The summed E-state index contributed by atoms with van der Waals surface area (Å²) in [6, 6.07) is 5.43. The second-order valence-corrected chi connectivity index (χ2v) is 5.42. The Bertz CT molecular complexity index is 633. The van der Waals surface area contributed by atoms with Crippen molar-refractivity contribution in [1.29, 1.82) is 0 Å². The van der Waals surface area contributed by atoms with Crippen LogP contribution in [0.4, 0.5) is 11.5 Å². The number of rotatable bonds is 3. The molecule has 7 heteroatoms. The number of carbonyl (C=O) groups excluding carboxylic acids is 1. The molecule has 0 N–H and O–H groups in total. The second-order valence-electron chi connectivity index (χ2n) is 5.42. The number of anilines is 2. The van der Waals surface area contributed by atoms with E-state index in [0.717, 1.165) is 24.6 Å². The molecule has 22 heavy (non-hydrogen) atoms. The standard InChI is InChI=1S/C15H19N5O2/c1-18(2)12-10-14(17-16-11-12)19-5-7-20(8-6-19)15(21)13-4-3-9-22-13/h3-4,9-11H,5-8H2,1-2H3. The van der Waals surface area contributed by atoms with E-state index < -0.39 is 0 Å². The van der Waals surface area contributed by atoms with Crippen LogP contribution >= 0.6 is 0 Å². The maximum atomic E-state index is 12.2. The van der Waals surface area contributed by atoms with Crippen molar-refractivity contribution in [2.45, 2.75) is 0 Å². The monoisotopic (exact) mass is 301 g/mol. The molecule has 0 spiro atoms. The molecule has 0 saturated carbocycles. The van der Waals surface area contributed by atoms with Gasteiger partial charge >= 0.3 is 0 Å². The molecule has 0 aliphatic carbocycles. The highest BCUT2D eigenvalue weighted by atomic mass is 16.3. The highest BCUT2D eigenvalue weighted by molar-refractivity contribution is 5.91. The third-order valence-corrected chi connectivity index (χ3v) is 3.77. The van der Waals surface area contributed by atoms with Crippen molar-refractivity contribution in [2.75, 3.05) is 50.1 Å².